The van der Waals surface area contributed by atoms with Crippen molar-refractivity contribution in [3.8, 4) is 0 Å². The highest BCUT2D eigenvalue weighted by Crippen LogP contribution is 2.26. The number of hydrogen-bond donors (Lipinski definition) is 1. The number of halogens is 2. The van der Waals surface area contributed by atoms with Gasteiger partial charge >= 0.3 is 5.97 Å². The van der Waals surface area contributed by atoms with Crippen molar-refractivity contribution in [2.45, 2.75) is 10.9 Å². The van der Waals surface area contributed by atoms with E-state index in [4.69, 9.17) is 16.3 Å². The maximum absolute atomic E-state index is 11.8. The molecule has 1 aliphatic heterocycles. The number of hydrogen-bond acceptors (Lipinski definition) is 4. The van der Waals surface area contributed by atoms with E-state index >= 15 is 0 Å². The van der Waals surface area contributed by atoms with E-state index in [0.717, 1.165) is 31.9 Å². The minimum atomic E-state index is -1.17. The molecule has 0 radical (unpaired) electrons. The molecule has 1 N–H and O–H groups in total. The number of nitrogens with zero attached hydrogens (tertiary/aromatic N) is 1. The smallest absolute Gasteiger partial charge is 0.340 e. The van der Waals surface area contributed by atoms with Crippen LogP contribution >= 0.6 is 27.5 Å². The molecule has 0 saturated carbocycles. The predicted molar refractivity (Wildman–Crippen MR) is 80.1 cm³/mol. The standard InChI is InChI=1S/C13H16BrClN2O2/c1-13(14,15)19-12(18)10-2-4-11(5-3-10)17-8-6-16-7-9-17/h2-5,16H,6-9H2,1H3. The molecule has 0 bridgehead atoms. The first-order valence-corrected chi connectivity index (χ1v) is 7.30. The Morgan fingerprint density at radius 2 is 1.95 bits per heavy atom. The number of anilines is 1. The molecule has 1 unspecified atom stereocenters. The third-order valence-electron chi connectivity index (χ3n) is 2.86. The lowest BCUT2D eigenvalue weighted by molar-refractivity contribution is 0.0432. The van der Waals surface area contributed by atoms with Crippen molar-refractivity contribution in [2.24, 2.45) is 0 Å². The molecule has 104 valence electrons. The number of carbonyl (C=O) groups excluding carboxylic acids is 1. The average Bonchev–Trinajstić information content (AvgIpc) is 2.38. The Morgan fingerprint density at radius 3 is 2.47 bits per heavy atom. The number of esters is 1. The van der Waals surface area contributed by atoms with Crippen molar-refractivity contribution in [2.75, 3.05) is 31.1 Å². The fourth-order valence-corrected chi connectivity index (χ4v) is 2.17. The van der Waals surface area contributed by atoms with E-state index in [9.17, 15) is 4.79 Å². The van der Waals surface area contributed by atoms with Crippen LogP contribution in [0.3, 0.4) is 0 Å². The van der Waals surface area contributed by atoms with E-state index in [-0.39, 0.29) is 0 Å². The average molecular weight is 348 g/mol. The Labute approximate surface area is 126 Å². The van der Waals surface area contributed by atoms with Crippen LogP contribution in [0.1, 0.15) is 17.3 Å². The van der Waals surface area contributed by atoms with Crippen molar-refractivity contribution in [3.05, 3.63) is 29.8 Å². The van der Waals surface area contributed by atoms with E-state index in [1.165, 1.54) is 0 Å². The third-order valence-corrected chi connectivity index (χ3v) is 3.10. The lowest BCUT2D eigenvalue weighted by atomic mass is 10.2. The zero-order valence-electron chi connectivity index (χ0n) is 10.7. The van der Waals surface area contributed by atoms with Gasteiger partial charge in [0.2, 0.25) is 3.97 Å². The molecule has 19 heavy (non-hydrogen) atoms. The highest BCUT2D eigenvalue weighted by atomic mass is 79.9. The maximum atomic E-state index is 11.8. The first-order valence-electron chi connectivity index (χ1n) is 6.12. The molecule has 6 heteroatoms. The minimum Gasteiger partial charge on any atom is -0.430 e. The van der Waals surface area contributed by atoms with Gasteiger partial charge in [0.25, 0.3) is 0 Å². The molecular formula is C13H16BrClN2O2. The maximum Gasteiger partial charge on any atom is 0.340 e. The van der Waals surface area contributed by atoms with Gasteiger partial charge in [0, 0.05) is 38.8 Å². The van der Waals surface area contributed by atoms with Gasteiger partial charge in [0.05, 0.1) is 5.56 Å². The Hall–Kier alpha value is -0.780. The van der Waals surface area contributed by atoms with Gasteiger partial charge in [-0.1, -0.05) is 11.6 Å². The number of benzene rings is 1. The molecule has 1 aliphatic rings. The summed E-state index contributed by atoms with van der Waals surface area (Å²) in [5.74, 6) is -0.443. The lowest BCUT2D eigenvalue weighted by Crippen LogP contribution is -2.43. The molecule has 0 amide bonds. The van der Waals surface area contributed by atoms with E-state index in [1.807, 2.05) is 12.1 Å². The number of carbonyl (C=O) groups is 1. The summed E-state index contributed by atoms with van der Waals surface area (Å²) in [6.45, 7) is 5.48. The second-order valence-corrected chi connectivity index (χ2v) is 7.17. The molecule has 4 nitrogen and oxygen atoms in total. The normalized spacial score (nSPS) is 18.8. The van der Waals surface area contributed by atoms with Crippen LogP contribution in [0.4, 0.5) is 5.69 Å². The molecule has 1 aromatic carbocycles. The first-order chi connectivity index (χ1) is 8.96. The zero-order chi connectivity index (χ0) is 13.9. The second-order valence-electron chi connectivity index (χ2n) is 4.48. The van der Waals surface area contributed by atoms with Crippen molar-refractivity contribution >= 4 is 39.2 Å². The number of rotatable bonds is 3. The molecule has 0 spiro atoms. The summed E-state index contributed by atoms with van der Waals surface area (Å²) in [5, 5.41) is 3.30. The van der Waals surface area contributed by atoms with Gasteiger partial charge in [-0.3, -0.25) is 0 Å². The summed E-state index contributed by atoms with van der Waals surface area (Å²) >= 11 is 8.85. The molecule has 1 heterocycles. The van der Waals surface area contributed by atoms with E-state index in [2.05, 4.69) is 26.1 Å². The highest BCUT2D eigenvalue weighted by Gasteiger charge is 2.22. The molecule has 1 saturated heterocycles. The third kappa shape index (κ3) is 4.37. The quantitative estimate of drug-likeness (QED) is 0.674. The Bertz CT molecular complexity index is 439. The van der Waals surface area contributed by atoms with Gasteiger partial charge in [-0.25, -0.2) is 4.79 Å². The van der Waals surface area contributed by atoms with Crippen LogP contribution in [-0.4, -0.2) is 36.1 Å². The van der Waals surface area contributed by atoms with Crippen LogP contribution in [0.5, 0.6) is 0 Å². The summed E-state index contributed by atoms with van der Waals surface area (Å²) in [4.78, 5) is 14.1. The summed E-state index contributed by atoms with van der Waals surface area (Å²) in [5.41, 5.74) is 1.61. The molecule has 0 aromatic heterocycles. The fraction of sp³-hybridized carbons (Fsp3) is 0.462. The van der Waals surface area contributed by atoms with Gasteiger partial charge in [-0.2, -0.15) is 0 Å². The summed E-state index contributed by atoms with van der Waals surface area (Å²) in [7, 11) is 0. The van der Waals surface area contributed by atoms with Crippen LogP contribution < -0.4 is 10.2 Å². The van der Waals surface area contributed by atoms with Crippen molar-refractivity contribution in [1.29, 1.82) is 0 Å². The van der Waals surface area contributed by atoms with Crippen LogP contribution in [0.2, 0.25) is 0 Å². The van der Waals surface area contributed by atoms with Gasteiger partial charge in [0.15, 0.2) is 0 Å². The van der Waals surface area contributed by atoms with E-state index < -0.39 is 9.94 Å². The number of nitrogens with one attached hydrogen (secondary N) is 1. The summed E-state index contributed by atoms with van der Waals surface area (Å²) < 4.78 is 3.86. The zero-order valence-corrected chi connectivity index (χ0v) is 13.0. The van der Waals surface area contributed by atoms with Crippen LogP contribution in [0.15, 0.2) is 24.3 Å². The van der Waals surface area contributed by atoms with Crippen LogP contribution in [0, 0.1) is 0 Å². The first kappa shape index (κ1) is 14.6. The Morgan fingerprint density at radius 1 is 1.37 bits per heavy atom. The highest BCUT2D eigenvalue weighted by molar-refractivity contribution is 9.10. The SMILES string of the molecule is CC(Cl)(Br)OC(=O)c1ccc(N2CCNCC2)cc1. The minimum absolute atomic E-state index is 0.443. The topological polar surface area (TPSA) is 41.6 Å². The van der Waals surface area contributed by atoms with Crippen molar-refractivity contribution in [1.82, 2.24) is 5.32 Å². The number of piperazine rings is 1. The Kier molecular flexibility index (Phi) is 4.71. The van der Waals surface area contributed by atoms with Crippen LogP contribution in [-0.2, 0) is 4.74 Å². The second kappa shape index (κ2) is 6.11. The van der Waals surface area contributed by atoms with E-state index in [1.54, 1.807) is 19.1 Å². The molecule has 2 rings (SSSR count). The summed E-state index contributed by atoms with van der Waals surface area (Å²) in [6.07, 6.45) is 0. The van der Waals surface area contributed by atoms with Gasteiger partial charge in [0.1, 0.15) is 0 Å². The van der Waals surface area contributed by atoms with Gasteiger partial charge in [-0.05, 0) is 40.2 Å². The predicted octanol–water partition coefficient (Wildman–Crippen LogP) is 2.56. The monoisotopic (exact) mass is 346 g/mol. The van der Waals surface area contributed by atoms with Crippen molar-refractivity contribution < 1.29 is 9.53 Å². The van der Waals surface area contributed by atoms with Gasteiger partial charge in [-0.15, -0.1) is 0 Å². The molecular weight excluding hydrogens is 332 g/mol. The summed E-state index contributed by atoms with van der Waals surface area (Å²) in [6, 6.07) is 7.38. The van der Waals surface area contributed by atoms with Crippen molar-refractivity contribution in [3.63, 3.8) is 0 Å². The molecule has 1 aromatic rings. The lowest BCUT2D eigenvalue weighted by Gasteiger charge is -2.29. The van der Waals surface area contributed by atoms with E-state index in [0.29, 0.717) is 5.56 Å². The molecule has 1 atom stereocenters. The largest absolute Gasteiger partial charge is 0.430 e. The fourth-order valence-electron chi connectivity index (χ4n) is 1.95. The molecule has 0 aliphatic carbocycles. The Balaban J connectivity index is 2.03. The number of ether oxygens (including phenoxy) is 1. The number of alkyl halides is 2. The van der Waals surface area contributed by atoms with Crippen LogP contribution in [0.25, 0.3) is 0 Å². The van der Waals surface area contributed by atoms with Gasteiger partial charge < -0.3 is 15.0 Å². The molecule has 1 fully saturated rings.